The summed E-state index contributed by atoms with van der Waals surface area (Å²) in [5, 5.41) is 15.3. The van der Waals surface area contributed by atoms with Crippen molar-refractivity contribution in [2.45, 2.75) is 0 Å². The van der Waals surface area contributed by atoms with Crippen molar-refractivity contribution >= 4 is 31.8 Å². The Morgan fingerprint density at radius 1 is 1.75 bits per heavy atom. The fourth-order valence-corrected chi connectivity index (χ4v) is 0. The Bertz CT molecular complexity index is 14.4. The number of hydrogen-bond acceptors (Lipinski definition) is 2. The van der Waals surface area contributed by atoms with Gasteiger partial charge in [-0.25, -0.2) is 0 Å². The molecule has 2 N–H and O–H groups in total. The molecule has 0 heterocycles. The van der Waals surface area contributed by atoms with Gasteiger partial charge in [-0.1, -0.05) is 0 Å². The van der Waals surface area contributed by atoms with Crippen LogP contribution in [0.25, 0.3) is 0 Å². The van der Waals surface area contributed by atoms with Crippen molar-refractivity contribution in [2.75, 3.05) is 0 Å². The Hall–Kier alpha value is 0.985. The van der Waals surface area contributed by atoms with Gasteiger partial charge in [0.25, 0.3) is 0 Å². The van der Waals surface area contributed by atoms with Crippen molar-refractivity contribution in [1.29, 1.82) is 0 Å². The minimum absolute atomic E-state index is 0. The quantitative estimate of drug-likeness (QED) is 0.336. The van der Waals surface area contributed by atoms with Crippen LogP contribution < -0.4 is 0 Å². The molecular formula is H4BNaO2. The first-order valence-electron chi connectivity index (χ1n) is 1.09. The zero-order valence-electron chi connectivity index (χ0n) is 2.47. The predicted octanol–water partition coefficient (Wildman–Crippen LogP) is -1.63. The molecule has 0 aromatic rings. The van der Waals surface area contributed by atoms with Gasteiger partial charge in [0.1, 0.15) is 0 Å². The minimum atomic E-state index is -1.03. The summed E-state index contributed by atoms with van der Waals surface area (Å²) in [6, 6.07) is 0. The molecule has 20 valence electrons. The van der Waals surface area contributed by atoms with E-state index in [0.717, 1.165) is 0 Å². The van der Waals surface area contributed by atoms with Gasteiger partial charge in [-0.3, -0.25) is 0 Å². The summed E-state index contributed by atoms with van der Waals surface area (Å²) in [7, 11) is 0. The van der Waals surface area contributed by atoms with Gasteiger partial charge in [0.2, 0.25) is 0 Å². The Morgan fingerprint density at radius 3 is 1.75 bits per heavy atom. The molecule has 0 aliphatic heterocycles. The summed E-state index contributed by atoms with van der Waals surface area (Å²) < 4.78 is -1.03. The third-order valence-corrected chi connectivity index (χ3v) is 0. The van der Waals surface area contributed by atoms with E-state index >= 15 is 0 Å². The Kier molecular flexibility index (Phi) is 2.79. The van der Waals surface area contributed by atoms with Crippen LogP contribution in [0.5, 0.6) is 0 Å². The summed E-state index contributed by atoms with van der Waals surface area (Å²) >= 11 is 0.460. The van der Waals surface area contributed by atoms with Crippen LogP contribution in [0.2, 0.25) is 0 Å². The summed E-state index contributed by atoms with van der Waals surface area (Å²) in [4.78, 5) is 0. The van der Waals surface area contributed by atoms with E-state index in [0.29, 0.717) is 27.7 Å². The van der Waals surface area contributed by atoms with Gasteiger partial charge in [0.05, 0.1) is 0 Å². The van der Waals surface area contributed by atoms with Gasteiger partial charge in [0, 0.05) is 1.43 Å². The summed E-state index contributed by atoms with van der Waals surface area (Å²) in [6.45, 7) is 0. The summed E-state index contributed by atoms with van der Waals surface area (Å²) in [5.74, 6) is 0. The van der Waals surface area contributed by atoms with E-state index in [2.05, 4.69) is 0 Å². The molecule has 0 aromatic heterocycles. The molecule has 0 saturated heterocycles. The molecule has 0 atom stereocenters. The molecule has 2 nitrogen and oxygen atoms in total. The second-order valence-corrected chi connectivity index (χ2v) is 1.66. The van der Waals surface area contributed by atoms with E-state index in [1.807, 2.05) is 0 Å². The van der Waals surface area contributed by atoms with Crippen molar-refractivity contribution in [3.8, 4) is 0 Å². The third kappa shape index (κ3) is 12.1. The molecule has 0 radical (unpaired) electrons. The fourth-order valence-electron chi connectivity index (χ4n) is 0. The average Bonchev–Trinajstić information content (AvgIpc) is 0.811. The maximum atomic E-state index is 7.67. The molecule has 0 bridgehead atoms. The normalized spacial score (nSPS) is 7.00. The van der Waals surface area contributed by atoms with Crippen molar-refractivity contribution < 1.29 is 11.5 Å². The third-order valence-electron chi connectivity index (χ3n) is 0. The van der Waals surface area contributed by atoms with Crippen LogP contribution >= 0.6 is 0 Å². The van der Waals surface area contributed by atoms with Crippen molar-refractivity contribution in [2.24, 2.45) is 0 Å². The number of rotatable bonds is 0. The van der Waals surface area contributed by atoms with Crippen LogP contribution in [0.1, 0.15) is 1.43 Å². The van der Waals surface area contributed by atoms with E-state index in [-0.39, 0.29) is 1.43 Å². The van der Waals surface area contributed by atoms with Crippen LogP contribution in [0, 0.1) is 0 Å². The minimum Gasteiger partial charge on any atom is 0 e. The maximum Gasteiger partial charge on any atom is 0 e. The second-order valence-electron chi connectivity index (χ2n) is 0.632. The predicted molar refractivity (Wildman–Crippen MR) is 18.1 cm³/mol. The van der Waals surface area contributed by atoms with E-state index in [9.17, 15) is 0 Å². The van der Waals surface area contributed by atoms with Crippen LogP contribution in [0.3, 0.4) is 0 Å². The molecule has 0 aliphatic rings. The number of hydrogen-bond donors (Lipinski definition) is 2. The molecule has 0 aliphatic carbocycles. The monoisotopic (exact) mass is 70.0 g/mol. The molecule has 0 rings (SSSR count). The van der Waals surface area contributed by atoms with Crippen molar-refractivity contribution in [1.82, 2.24) is 0 Å². The molecule has 0 amide bonds. The topological polar surface area (TPSA) is 40.5 Å². The van der Waals surface area contributed by atoms with Crippen LogP contribution in [-0.4, -0.2) is 41.9 Å². The Labute approximate surface area is 43.5 Å². The van der Waals surface area contributed by atoms with Gasteiger partial charge in [-0.05, 0) is 0 Å². The van der Waals surface area contributed by atoms with Crippen LogP contribution in [0.4, 0.5) is 0 Å². The van der Waals surface area contributed by atoms with Crippen molar-refractivity contribution in [3.63, 3.8) is 0 Å². The Balaban J connectivity index is 0. The standard InChI is InChI=1S/BH2O2.Na.H2/c2-1-3;;/h2-3H;;1H/q+1;-1;. The summed E-state index contributed by atoms with van der Waals surface area (Å²) in [5.41, 5.74) is 0. The summed E-state index contributed by atoms with van der Waals surface area (Å²) in [6.07, 6.45) is 0. The first-order chi connectivity index (χ1) is 1.73. The molecule has 0 fully saturated rings. The first-order valence-corrected chi connectivity index (χ1v) is 2.25. The van der Waals surface area contributed by atoms with E-state index < -0.39 is 4.16 Å². The Morgan fingerprint density at radius 2 is 1.75 bits per heavy atom. The fraction of sp³-hybridized carbons (Fsp3) is 0. The van der Waals surface area contributed by atoms with Gasteiger partial charge < -0.3 is 0 Å². The van der Waals surface area contributed by atoms with Gasteiger partial charge in [-0.2, -0.15) is 0 Å². The van der Waals surface area contributed by atoms with Gasteiger partial charge in [-0.15, -0.1) is 0 Å². The largest absolute Gasteiger partial charge is 0 e. The molecule has 0 aromatic carbocycles. The maximum absolute atomic E-state index is 7.67. The van der Waals surface area contributed by atoms with Crippen LogP contribution in [0.15, 0.2) is 0 Å². The molecule has 4 heavy (non-hydrogen) atoms. The SMILES string of the molecule is O[B](O)[Na].[HH]. The average molecular weight is 69.8 g/mol. The smallest absolute Gasteiger partial charge is 0 e. The molecular weight excluding hydrogens is 65.8 g/mol. The van der Waals surface area contributed by atoms with E-state index in [1.54, 1.807) is 0 Å². The van der Waals surface area contributed by atoms with Crippen molar-refractivity contribution in [3.05, 3.63) is 0 Å². The first kappa shape index (κ1) is 4.98. The van der Waals surface area contributed by atoms with E-state index in [1.165, 1.54) is 0 Å². The molecule has 0 saturated carbocycles. The van der Waals surface area contributed by atoms with E-state index in [4.69, 9.17) is 10.0 Å². The molecule has 0 spiro atoms. The molecule has 4 heteroatoms. The molecule has 0 unspecified atom stereocenters. The van der Waals surface area contributed by atoms with Gasteiger partial charge in [0.15, 0.2) is 0 Å². The second kappa shape index (κ2) is 2.24. The zero-order chi connectivity index (χ0) is 3.58. The zero-order valence-corrected chi connectivity index (χ0v) is 4.47. The van der Waals surface area contributed by atoms with Crippen LogP contribution in [-0.2, 0) is 0 Å². The van der Waals surface area contributed by atoms with Gasteiger partial charge >= 0.3 is 41.9 Å².